The van der Waals surface area contributed by atoms with E-state index in [-0.39, 0.29) is 0 Å². The van der Waals surface area contributed by atoms with Crippen molar-refractivity contribution in [2.45, 2.75) is 19.8 Å². The molecule has 23 heavy (non-hydrogen) atoms. The van der Waals surface area contributed by atoms with Gasteiger partial charge in [0.25, 0.3) is 0 Å². The van der Waals surface area contributed by atoms with Gasteiger partial charge in [0.15, 0.2) is 0 Å². The molecule has 0 N–H and O–H groups in total. The molecule has 0 spiro atoms. The Balaban J connectivity index is 2.15. The highest BCUT2D eigenvalue weighted by Gasteiger charge is 2.12. The standard InChI is InChI=1S/C23H20/c1-16(2)18-10-5-6-12-20(18)23-15-17-9-3-4-11-19(17)21-13-7-8-14-22(21)23/h3-16H,1-2H3. The molecule has 4 aromatic rings. The van der Waals surface area contributed by atoms with Crippen LogP contribution in [0, 0.1) is 0 Å². The lowest BCUT2D eigenvalue weighted by Crippen LogP contribution is -1.93. The minimum absolute atomic E-state index is 0.511. The molecule has 112 valence electrons. The Labute approximate surface area is 137 Å². The van der Waals surface area contributed by atoms with Gasteiger partial charge in [0.1, 0.15) is 0 Å². The largest absolute Gasteiger partial charge is 0.0619 e. The molecular formula is C23H20. The predicted octanol–water partition coefficient (Wildman–Crippen LogP) is 6.78. The van der Waals surface area contributed by atoms with Crippen LogP contribution in [0.15, 0.2) is 78.9 Å². The van der Waals surface area contributed by atoms with Crippen molar-refractivity contribution in [2.24, 2.45) is 0 Å². The maximum Gasteiger partial charge on any atom is -0.00961 e. The highest BCUT2D eigenvalue weighted by Crippen LogP contribution is 2.37. The van der Waals surface area contributed by atoms with E-state index in [4.69, 9.17) is 0 Å². The van der Waals surface area contributed by atoms with Crippen LogP contribution < -0.4 is 0 Å². The Morgan fingerprint density at radius 3 is 1.96 bits per heavy atom. The molecule has 0 nitrogen and oxygen atoms in total. The van der Waals surface area contributed by atoms with Gasteiger partial charge in [-0.2, -0.15) is 0 Å². The first-order valence-corrected chi connectivity index (χ1v) is 8.25. The molecule has 0 aliphatic heterocycles. The van der Waals surface area contributed by atoms with E-state index in [1.807, 2.05) is 0 Å². The molecule has 0 amide bonds. The Morgan fingerprint density at radius 1 is 0.565 bits per heavy atom. The number of benzene rings is 4. The summed E-state index contributed by atoms with van der Waals surface area (Å²) in [7, 11) is 0. The highest BCUT2D eigenvalue weighted by atomic mass is 14.2. The molecule has 0 aliphatic rings. The quantitative estimate of drug-likeness (QED) is 0.357. The molecule has 4 rings (SSSR count). The summed E-state index contributed by atoms with van der Waals surface area (Å²) in [5, 5.41) is 5.30. The van der Waals surface area contributed by atoms with Gasteiger partial charge >= 0.3 is 0 Å². The van der Waals surface area contributed by atoms with Crippen molar-refractivity contribution in [3.05, 3.63) is 84.4 Å². The van der Waals surface area contributed by atoms with Crippen LogP contribution in [0.25, 0.3) is 32.7 Å². The third kappa shape index (κ3) is 2.31. The summed E-state index contributed by atoms with van der Waals surface area (Å²) in [6.45, 7) is 4.53. The van der Waals surface area contributed by atoms with Crippen LogP contribution in [0.3, 0.4) is 0 Å². The molecule has 0 radical (unpaired) electrons. The Bertz CT molecular complexity index is 993. The topological polar surface area (TPSA) is 0 Å². The lowest BCUT2D eigenvalue weighted by Gasteiger charge is -2.16. The molecule has 0 saturated carbocycles. The monoisotopic (exact) mass is 296 g/mol. The molecule has 0 heteroatoms. The summed E-state index contributed by atoms with van der Waals surface area (Å²) in [6, 6.07) is 28.6. The Hall–Kier alpha value is -2.60. The zero-order valence-corrected chi connectivity index (χ0v) is 13.6. The van der Waals surface area contributed by atoms with Gasteiger partial charge in [0.2, 0.25) is 0 Å². The zero-order chi connectivity index (χ0) is 15.8. The van der Waals surface area contributed by atoms with Crippen molar-refractivity contribution >= 4 is 21.5 Å². The van der Waals surface area contributed by atoms with Crippen LogP contribution in [0.2, 0.25) is 0 Å². The van der Waals surface area contributed by atoms with E-state index >= 15 is 0 Å². The SMILES string of the molecule is CC(C)c1ccccc1-c1cc2ccccc2c2ccccc12. The average molecular weight is 296 g/mol. The van der Waals surface area contributed by atoms with Gasteiger partial charge in [-0.3, -0.25) is 0 Å². The van der Waals surface area contributed by atoms with Crippen molar-refractivity contribution in [3.63, 3.8) is 0 Å². The fourth-order valence-corrected chi connectivity index (χ4v) is 3.52. The normalized spacial score (nSPS) is 11.4. The van der Waals surface area contributed by atoms with Crippen molar-refractivity contribution < 1.29 is 0 Å². The fraction of sp³-hybridized carbons (Fsp3) is 0.130. The van der Waals surface area contributed by atoms with Gasteiger partial charge in [0.05, 0.1) is 0 Å². The number of hydrogen-bond donors (Lipinski definition) is 0. The van der Waals surface area contributed by atoms with E-state index in [2.05, 4.69) is 92.7 Å². The first kappa shape index (κ1) is 14.0. The minimum atomic E-state index is 0.511. The molecule has 0 fully saturated rings. The summed E-state index contributed by atoms with van der Waals surface area (Å²) >= 11 is 0. The molecular weight excluding hydrogens is 276 g/mol. The number of rotatable bonds is 2. The first-order chi connectivity index (χ1) is 11.3. The number of hydrogen-bond acceptors (Lipinski definition) is 0. The van der Waals surface area contributed by atoms with Gasteiger partial charge < -0.3 is 0 Å². The second-order valence-electron chi connectivity index (χ2n) is 6.43. The molecule has 0 atom stereocenters. The van der Waals surface area contributed by atoms with Crippen molar-refractivity contribution in [1.82, 2.24) is 0 Å². The summed E-state index contributed by atoms with van der Waals surface area (Å²) in [5.41, 5.74) is 4.10. The smallest absolute Gasteiger partial charge is 0.00961 e. The lowest BCUT2D eigenvalue weighted by molar-refractivity contribution is 0.869. The van der Waals surface area contributed by atoms with Gasteiger partial charge in [-0.1, -0.05) is 86.6 Å². The highest BCUT2D eigenvalue weighted by molar-refractivity contribution is 6.13. The lowest BCUT2D eigenvalue weighted by atomic mass is 9.88. The molecule has 0 saturated heterocycles. The van der Waals surface area contributed by atoms with Crippen molar-refractivity contribution in [3.8, 4) is 11.1 Å². The van der Waals surface area contributed by atoms with E-state index in [1.165, 1.54) is 38.2 Å². The number of fused-ring (bicyclic) bond motifs is 3. The van der Waals surface area contributed by atoms with Crippen LogP contribution in [0.4, 0.5) is 0 Å². The molecule has 0 heterocycles. The van der Waals surface area contributed by atoms with Crippen molar-refractivity contribution in [2.75, 3.05) is 0 Å². The Kier molecular flexibility index (Phi) is 3.38. The van der Waals surface area contributed by atoms with Crippen LogP contribution in [-0.4, -0.2) is 0 Å². The van der Waals surface area contributed by atoms with Gasteiger partial charge in [-0.05, 0) is 50.2 Å². The summed E-state index contributed by atoms with van der Waals surface area (Å²) < 4.78 is 0. The molecule has 0 unspecified atom stereocenters. The van der Waals surface area contributed by atoms with Crippen LogP contribution in [-0.2, 0) is 0 Å². The van der Waals surface area contributed by atoms with E-state index in [9.17, 15) is 0 Å². The molecule has 4 aromatic carbocycles. The van der Waals surface area contributed by atoms with Crippen LogP contribution in [0.1, 0.15) is 25.3 Å². The first-order valence-electron chi connectivity index (χ1n) is 8.25. The van der Waals surface area contributed by atoms with Crippen LogP contribution in [0.5, 0.6) is 0 Å². The minimum Gasteiger partial charge on any atom is -0.0619 e. The van der Waals surface area contributed by atoms with E-state index < -0.39 is 0 Å². The van der Waals surface area contributed by atoms with E-state index in [0.717, 1.165) is 0 Å². The zero-order valence-electron chi connectivity index (χ0n) is 13.6. The maximum absolute atomic E-state index is 2.35. The van der Waals surface area contributed by atoms with E-state index in [1.54, 1.807) is 0 Å². The summed E-state index contributed by atoms with van der Waals surface area (Å²) in [5.74, 6) is 0.511. The Morgan fingerprint density at radius 2 is 1.17 bits per heavy atom. The molecule has 0 bridgehead atoms. The predicted molar refractivity (Wildman–Crippen MR) is 101 cm³/mol. The molecule has 0 aromatic heterocycles. The van der Waals surface area contributed by atoms with Gasteiger partial charge in [0, 0.05) is 0 Å². The maximum atomic E-state index is 2.35. The molecule has 0 aliphatic carbocycles. The third-order valence-corrected chi connectivity index (χ3v) is 4.64. The van der Waals surface area contributed by atoms with E-state index in [0.29, 0.717) is 5.92 Å². The van der Waals surface area contributed by atoms with Gasteiger partial charge in [-0.25, -0.2) is 0 Å². The van der Waals surface area contributed by atoms with Gasteiger partial charge in [-0.15, -0.1) is 0 Å². The average Bonchev–Trinajstić information content (AvgIpc) is 2.61. The summed E-state index contributed by atoms with van der Waals surface area (Å²) in [6.07, 6.45) is 0. The summed E-state index contributed by atoms with van der Waals surface area (Å²) in [4.78, 5) is 0. The third-order valence-electron chi connectivity index (χ3n) is 4.64. The van der Waals surface area contributed by atoms with Crippen molar-refractivity contribution in [1.29, 1.82) is 0 Å². The second-order valence-corrected chi connectivity index (χ2v) is 6.43. The second kappa shape index (κ2) is 5.55. The van der Waals surface area contributed by atoms with Crippen LogP contribution >= 0.6 is 0 Å². The fourth-order valence-electron chi connectivity index (χ4n) is 3.52.